The minimum absolute atomic E-state index is 0.198. The molecule has 0 aliphatic rings. The van der Waals surface area contributed by atoms with Crippen molar-refractivity contribution < 1.29 is 51.9 Å². The first-order valence-electron chi connectivity index (χ1n) is 5.06. The van der Waals surface area contributed by atoms with E-state index in [4.69, 9.17) is 18.2 Å². The molecular formula is C6H8N2O12S4. The lowest BCUT2D eigenvalue weighted by Crippen LogP contribution is -2.37. The lowest BCUT2D eigenvalue weighted by Gasteiger charge is -2.20. The largest absolute Gasteiger partial charge is 0.375 e. The van der Waals surface area contributed by atoms with E-state index in [9.17, 15) is 33.7 Å². The quantitative estimate of drug-likeness (QED) is 0.380. The lowest BCUT2D eigenvalue weighted by molar-refractivity contribution is 0.462. The fourth-order valence-corrected chi connectivity index (χ4v) is 4.92. The van der Waals surface area contributed by atoms with Gasteiger partial charge >= 0.3 is 41.2 Å². The van der Waals surface area contributed by atoms with Gasteiger partial charge in [-0.15, -0.1) is 7.42 Å². The molecule has 24 heavy (non-hydrogen) atoms. The highest BCUT2D eigenvalue weighted by Gasteiger charge is 2.35. The van der Waals surface area contributed by atoms with Gasteiger partial charge in [0.25, 0.3) is 0 Å². The molecule has 0 fully saturated rings. The van der Waals surface area contributed by atoms with E-state index in [2.05, 4.69) is 0 Å². The number of benzene rings is 1. The molecule has 0 bridgehead atoms. The Balaban J connectivity index is 3.75. The van der Waals surface area contributed by atoms with E-state index < -0.39 is 60.0 Å². The van der Waals surface area contributed by atoms with Crippen LogP contribution in [-0.4, -0.2) is 51.9 Å². The number of hydrogen-bond donors (Lipinski definition) is 4. The van der Waals surface area contributed by atoms with Crippen molar-refractivity contribution in [3.63, 3.8) is 0 Å². The predicted octanol–water partition coefficient (Wildman–Crippen LogP) is -1.49. The molecule has 4 N–H and O–H groups in total. The number of rotatable bonds is 6. The number of nitrogens with zero attached hydrogens (tertiary/aromatic N) is 2. The van der Waals surface area contributed by atoms with Gasteiger partial charge in [0.15, 0.2) is 0 Å². The molecule has 1 aromatic rings. The zero-order valence-electron chi connectivity index (χ0n) is 10.9. The molecule has 138 valence electrons. The fourth-order valence-electron chi connectivity index (χ4n) is 1.49. The average Bonchev–Trinajstić information content (AvgIpc) is 2.20. The van der Waals surface area contributed by atoms with Crippen LogP contribution < -0.4 is 7.42 Å². The summed E-state index contributed by atoms with van der Waals surface area (Å²) in [5.74, 6) is 0. The molecule has 0 aliphatic heterocycles. The Hall–Kier alpha value is -1.54. The molecule has 0 aliphatic carbocycles. The van der Waals surface area contributed by atoms with Crippen LogP contribution in [0.3, 0.4) is 0 Å². The van der Waals surface area contributed by atoms with Gasteiger partial charge in [-0.3, -0.25) is 18.2 Å². The Morgan fingerprint density at radius 3 is 1.04 bits per heavy atom. The van der Waals surface area contributed by atoms with Gasteiger partial charge in [-0.2, -0.15) is 33.7 Å². The number of anilines is 2. The molecule has 0 atom stereocenters. The molecule has 1 aromatic carbocycles. The van der Waals surface area contributed by atoms with E-state index in [1.54, 1.807) is 0 Å². The monoisotopic (exact) mass is 428 g/mol. The molecule has 0 aromatic heterocycles. The van der Waals surface area contributed by atoms with Crippen LogP contribution >= 0.6 is 0 Å². The van der Waals surface area contributed by atoms with E-state index in [0.29, 0.717) is 18.2 Å². The summed E-state index contributed by atoms with van der Waals surface area (Å²) >= 11 is 0. The predicted molar refractivity (Wildman–Crippen MR) is 77.6 cm³/mol. The molecular weight excluding hydrogens is 420 g/mol. The van der Waals surface area contributed by atoms with Gasteiger partial charge in [0.2, 0.25) is 0 Å². The van der Waals surface area contributed by atoms with E-state index in [-0.39, 0.29) is 6.07 Å². The molecule has 1 rings (SSSR count). The molecule has 0 unspecified atom stereocenters. The lowest BCUT2D eigenvalue weighted by atomic mass is 10.3. The molecule has 0 saturated heterocycles. The molecule has 0 spiro atoms. The third-order valence-electron chi connectivity index (χ3n) is 2.09. The molecule has 0 heterocycles. The second-order valence-corrected chi connectivity index (χ2v) is 9.33. The van der Waals surface area contributed by atoms with Crippen molar-refractivity contribution in [1.29, 1.82) is 0 Å². The Bertz CT molecular complexity index is 907. The summed E-state index contributed by atoms with van der Waals surface area (Å²) in [6.07, 6.45) is 0. The standard InChI is InChI=1S/C6H8N2O12S4/c9-21(10,11)7(22(12,13)14)5-2-1-3-6(4-5)8(23(15,16)17)24(18,19)20/h1-4H,(H,9,10,11)(H,12,13,14)(H,15,16,17)(H,18,19,20). The minimum atomic E-state index is -5.64. The van der Waals surface area contributed by atoms with Crippen molar-refractivity contribution in [2.45, 2.75) is 0 Å². The highest BCUT2D eigenvalue weighted by atomic mass is 32.3. The topological polar surface area (TPSA) is 224 Å². The first-order chi connectivity index (χ1) is 10.5. The Labute approximate surface area is 136 Å². The Morgan fingerprint density at radius 2 is 0.833 bits per heavy atom. The third kappa shape index (κ3) is 4.73. The van der Waals surface area contributed by atoms with Gasteiger partial charge < -0.3 is 0 Å². The zero-order valence-corrected chi connectivity index (χ0v) is 14.2. The Morgan fingerprint density at radius 1 is 0.583 bits per heavy atom. The van der Waals surface area contributed by atoms with Crippen LogP contribution in [0.4, 0.5) is 11.4 Å². The maximum atomic E-state index is 11.0. The van der Waals surface area contributed by atoms with Crippen molar-refractivity contribution in [1.82, 2.24) is 0 Å². The van der Waals surface area contributed by atoms with Gasteiger partial charge in [-0.1, -0.05) is 6.07 Å². The first kappa shape index (κ1) is 20.5. The summed E-state index contributed by atoms with van der Waals surface area (Å²) in [4.78, 5) is 0. The highest BCUT2D eigenvalue weighted by Crippen LogP contribution is 2.28. The highest BCUT2D eigenvalue weighted by molar-refractivity contribution is 8.05. The van der Waals surface area contributed by atoms with E-state index in [0.717, 1.165) is 0 Å². The smallest absolute Gasteiger partial charge is 0.268 e. The van der Waals surface area contributed by atoms with Gasteiger partial charge in [0.1, 0.15) is 0 Å². The molecule has 0 radical (unpaired) electrons. The first-order valence-corrected chi connectivity index (χ1v) is 10.7. The van der Waals surface area contributed by atoms with Crippen molar-refractivity contribution in [3.8, 4) is 0 Å². The maximum Gasteiger partial charge on any atom is 0.375 e. The summed E-state index contributed by atoms with van der Waals surface area (Å²) in [6.45, 7) is 0. The van der Waals surface area contributed by atoms with E-state index in [1.165, 1.54) is 0 Å². The third-order valence-corrected chi connectivity index (χ3v) is 6.87. The van der Waals surface area contributed by atoms with Crippen LogP contribution in [0.15, 0.2) is 24.3 Å². The fraction of sp³-hybridized carbons (Fsp3) is 0. The molecule has 18 heteroatoms. The van der Waals surface area contributed by atoms with Gasteiger partial charge in [0, 0.05) is 0 Å². The van der Waals surface area contributed by atoms with E-state index >= 15 is 0 Å². The summed E-state index contributed by atoms with van der Waals surface area (Å²) in [6, 6.07) is 2.11. The minimum Gasteiger partial charge on any atom is -0.268 e. The second kappa shape index (κ2) is 6.07. The van der Waals surface area contributed by atoms with Crippen LogP contribution in [0.1, 0.15) is 0 Å². The van der Waals surface area contributed by atoms with Gasteiger partial charge in [-0.05, 0) is 18.2 Å². The van der Waals surface area contributed by atoms with Gasteiger partial charge in [0.05, 0.1) is 11.4 Å². The van der Waals surface area contributed by atoms with Crippen LogP contribution in [-0.2, 0) is 41.2 Å². The molecule has 0 amide bonds. The van der Waals surface area contributed by atoms with Crippen molar-refractivity contribution in [3.05, 3.63) is 24.3 Å². The average molecular weight is 428 g/mol. The number of hydrogen-bond acceptors (Lipinski definition) is 8. The second-order valence-electron chi connectivity index (χ2n) is 3.83. The normalized spacial score (nSPS) is 13.5. The van der Waals surface area contributed by atoms with Crippen LogP contribution in [0.5, 0.6) is 0 Å². The van der Waals surface area contributed by atoms with Crippen LogP contribution in [0.2, 0.25) is 0 Å². The summed E-state index contributed by atoms with van der Waals surface area (Å²) < 4.78 is 122. The van der Waals surface area contributed by atoms with Gasteiger partial charge in [-0.25, -0.2) is 0 Å². The van der Waals surface area contributed by atoms with Crippen molar-refractivity contribution in [2.24, 2.45) is 0 Å². The maximum absolute atomic E-state index is 11.0. The summed E-state index contributed by atoms with van der Waals surface area (Å²) in [7, 11) is -22.5. The SMILES string of the molecule is O=S(=O)(O)N(c1cccc(N(S(=O)(=O)O)S(=O)(=O)O)c1)S(=O)(=O)O. The summed E-state index contributed by atoms with van der Waals surface area (Å²) in [5.41, 5.74) is -2.29. The molecule has 0 saturated carbocycles. The summed E-state index contributed by atoms with van der Waals surface area (Å²) in [5, 5.41) is 0. The van der Waals surface area contributed by atoms with Crippen LogP contribution in [0.25, 0.3) is 0 Å². The van der Waals surface area contributed by atoms with Crippen molar-refractivity contribution in [2.75, 3.05) is 7.42 Å². The molecule has 14 nitrogen and oxygen atoms in total. The zero-order chi connectivity index (χ0) is 19.1. The van der Waals surface area contributed by atoms with Crippen LogP contribution in [0, 0.1) is 0 Å². The van der Waals surface area contributed by atoms with E-state index in [1.807, 2.05) is 0 Å². The Kier molecular flexibility index (Phi) is 5.19. The van der Waals surface area contributed by atoms with Crippen molar-refractivity contribution >= 4 is 52.6 Å².